The highest BCUT2D eigenvalue weighted by atomic mass is 31.2. The minimum atomic E-state index is -3.86. The highest BCUT2D eigenvalue weighted by molar-refractivity contribution is 7.47. The van der Waals surface area contributed by atoms with Crippen LogP contribution in [0, 0.1) is 5.41 Å². The van der Waals surface area contributed by atoms with E-state index in [2.05, 4.69) is 56.5 Å². The van der Waals surface area contributed by atoms with Crippen molar-refractivity contribution in [3.63, 3.8) is 0 Å². The maximum Gasteiger partial charge on any atom is 0.471 e. The molecule has 0 radical (unpaired) electrons. The molecule has 2 unspecified atom stereocenters. The van der Waals surface area contributed by atoms with Gasteiger partial charge in [0.2, 0.25) is 0 Å². The van der Waals surface area contributed by atoms with Gasteiger partial charge in [-0.05, 0) is 54.6 Å². The maximum atomic E-state index is 11.3. The Labute approximate surface area is 147 Å². The van der Waals surface area contributed by atoms with Crippen LogP contribution >= 0.6 is 7.82 Å². The average Bonchev–Trinajstić information content (AvgIpc) is 2.55. The van der Waals surface area contributed by atoms with Crippen LogP contribution in [0.15, 0.2) is 24.3 Å². The molecule has 1 aromatic carbocycles. The zero-order valence-corrected chi connectivity index (χ0v) is 16.6. The maximum absolute atomic E-state index is 11.3. The van der Waals surface area contributed by atoms with Crippen molar-refractivity contribution < 1.29 is 18.5 Å². The summed E-state index contributed by atoms with van der Waals surface area (Å²) in [6.45, 7) is 8.99. The van der Waals surface area contributed by atoms with E-state index < -0.39 is 7.82 Å². The number of phosphoric ester groups is 1. The second kappa shape index (κ2) is 9.72. The molecule has 0 heterocycles. The third kappa shape index (κ3) is 7.48. The van der Waals surface area contributed by atoms with Gasteiger partial charge >= 0.3 is 7.82 Å². The summed E-state index contributed by atoms with van der Waals surface area (Å²) in [5.74, 6) is 0.555. The standard InChI is InChI=1S/C19H33O4P/c1-6-16-8-10-18(11-9-16)17(7-2)12-13-19(3,4)14-15-23-24(20,21)22-5/h8-11,17H,6-7,12-15H2,1-5H3,(H,20,21). The van der Waals surface area contributed by atoms with Crippen LogP contribution in [0.25, 0.3) is 0 Å². The number of aryl methyl sites for hydroxylation is 1. The molecule has 24 heavy (non-hydrogen) atoms. The summed E-state index contributed by atoms with van der Waals surface area (Å²) < 4.78 is 20.7. The molecule has 0 bridgehead atoms. The minimum absolute atomic E-state index is 0.0600. The number of rotatable bonds is 11. The summed E-state index contributed by atoms with van der Waals surface area (Å²) in [6, 6.07) is 8.95. The molecule has 0 aromatic heterocycles. The van der Waals surface area contributed by atoms with Crippen LogP contribution in [0.4, 0.5) is 0 Å². The van der Waals surface area contributed by atoms with E-state index in [1.807, 2.05) is 0 Å². The topological polar surface area (TPSA) is 55.8 Å². The van der Waals surface area contributed by atoms with E-state index in [0.29, 0.717) is 5.92 Å². The Balaban J connectivity index is 2.52. The van der Waals surface area contributed by atoms with Gasteiger partial charge in [-0.3, -0.25) is 9.05 Å². The lowest BCUT2D eigenvalue weighted by atomic mass is 9.80. The molecule has 0 saturated heterocycles. The largest absolute Gasteiger partial charge is 0.471 e. The first-order valence-corrected chi connectivity index (χ1v) is 10.3. The van der Waals surface area contributed by atoms with Crippen molar-refractivity contribution in [2.45, 2.75) is 65.7 Å². The van der Waals surface area contributed by atoms with Gasteiger partial charge in [0, 0.05) is 7.11 Å². The van der Waals surface area contributed by atoms with Gasteiger partial charge in [0.15, 0.2) is 0 Å². The van der Waals surface area contributed by atoms with Crippen LogP contribution < -0.4 is 0 Å². The monoisotopic (exact) mass is 356 g/mol. The molecule has 1 rings (SSSR count). The van der Waals surface area contributed by atoms with Gasteiger partial charge in [-0.15, -0.1) is 0 Å². The quantitative estimate of drug-likeness (QED) is 0.517. The molecule has 1 aromatic rings. The molecule has 0 aliphatic heterocycles. The highest BCUT2D eigenvalue weighted by Crippen LogP contribution is 2.43. The van der Waals surface area contributed by atoms with Crippen molar-refractivity contribution in [1.29, 1.82) is 0 Å². The normalized spacial score (nSPS) is 15.9. The molecule has 0 aliphatic carbocycles. The molecule has 0 spiro atoms. The minimum Gasteiger partial charge on any atom is -0.303 e. The van der Waals surface area contributed by atoms with Crippen LogP contribution in [0.2, 0.25) is 0 Å². The van der Waals surface area contributed by atoms with Crippen LogP contribution in [0.5, 0.6) is 0 Å². The first kappa shape index (κ1) is 21.4. The molecule has 0 amide bonds. The SMILES string of the molecule is CCc1ccc(C(CC)CCC(C)(C)CCOP(=O)(O)OC)cc1. The molecule has 5 heteroatoms. The third-order valence-electron chi connectivity index (χ3n) is 4.79. The fraction of sp³-hybridized carbons (Fsp3) is 0.684. The van der Waals surface area contributed by atoms with Crippen molar-refractivity contribution in [1.82, 2.24) is 0 Å². The summed E-state index contributed by atoms with van der Waals surface area (Å²) >= 11 is 0. The summed E-state index contributed by atoms with van der Waals surface area (Å²) in [5.41, 5.74) is 2.84. The lowest BCUT2D eigenvalue weighted by Crippen LogP contribution is -2.16. The summed E-state index contributed by atoms with van der Waals surface area (Å²) in [7, 11) is -2.68. The molecule has 1 N–H and O–H groups in total. The average molecular weight is 356 g/mol. The fourth-order valence-electron chi connectivity index (χ4n) is 2.81. The van der Waals surface area contributed by atoms with Crippen molar-refractivity contribution in [3.8, 4) is 0 Å². The van der Waals surface area contributed by atoms with Crippen molar-refractivity contribution in [3.05, 3.63) is 35.4 Å². The molecular formula is C19H33O4P. The van der Waals surface area contributed by atoms with Crippen molar-refractivity contribution in [2.24, 2.45) is 5.41 Å². The number of benzene rings is 1. The molecule has 4 nitrogen and oxygen atoms in total. The number of hydrogen-bond donors (Lipinski definition) is 1. The second-order valence-electron chi connectivity index (χ2n) is 7.14. The predicted molar refractivity (Wildman–Crippen MR) is 99.3 cm³/mol. The first-order valence-electron chi connectivity index (χ1n) is 8.85. The lowest BCUT2D eigenvalue weighted by molar-refractivity contribution is 0.145. The van der Waals surface area contributed by atoms with Gasteiger partial charge in [-0.25, -0.2) is 4.57 Å². The van der Waals surface area contributed by atoms with Gasteiger partial charge in [-0.1, -0.05) is 52.0 Å². The third-order valence-corrected chi connectivity index (χ3v) is 5.76. The van der Waals surface area contributed by atoms with E-state index in [0.717, 1.165) is 32.1 Å². The van der Waals surface area contributed by atoms with Gasteiger partial charge in [0.25, 0.3) is 0 Å². The van der Waals surface area contributed by atoms with E-state index in [4.69, 9.17) is 4.52 Å². The second-order valence-corrected chi connectivity index (χ2v) is 8.70. The summed E-state index contributed by atoms with van der Waals surface area (Å²) in [5, 5.41) is 0. The van der Waals surface area contributed by atoms with Crippen molar-refractivity contribution in [2.75, 3.05) is 13.7 Å². The smallest absolute Gasteiger partial charge is 0.303 e. The Bertz CT molecular complexity index is 525. The first-order chi connectivity index (χ1) is 11.2. The lowest BCUT2D eigenvalue weighted by Gasteiger charge is -2.27. The molecule has 0 aliphatic rings. The van der Waals surface area contributed by atoms with E-state index in [1.165, 1.54) is 18.2 Å². The molecule has 0 fully saturated rings. The summed E-state index contributed by atoms with van der Waals surface area (Å²) in [4.78, 5) is 9.28. The van der Waals surface area contributed by atoms with Gasteiger partial charge < -0.3 is 4.89 Å². The van der Waals surface area contributed by atoms with Crippen LogP contribution in [-0.2, 0) is 20.0 Å². The Hall–Kier alpha value is -0.670. The van der Waals surface area contributed by atoms with Gasteiger partial charge in [0.1, 0.15) is 0 Å². The molecule has 0 saturated carbocycles. The van der Waals surface area contributed by atoms with E-state index in [-0.39, 0.29) is 12.0 Å². The molecule has 2 atom stereocenters. The van der Waals surface area contributed by atoms with E-state index in [9.17, 15) is 9.46 Å². The number of phosphoric acid groups is 1. The summed E-state index contributed by atoms with van der Waals surface area (Å²) in [6.07, 6.45) is 5.07. The number of hydrogen-bond acceptors (Lipinski definition) is 3. The molecular weight excluding hydrogens is 323 g/mol. The van der Waals surface area contributed by atoms with Crippen molar-refractivity contribution >= 4 is 7.82 Å². The highest BCUT2D eigenvalue weighted by Gasteiger charge is 2.24. The van der Waals surface area contributed by atoms with E-state index >= 15 is 0 Å². The van der Waals surface area contributed by atoms with Crippen LogP contribution in [-0.4, -0.2) is 18.6 Å². The van der Waals surface area contributed by atoms with Gasteiger partial charge in [0.05, 0.1) is 6.61 Å². The zero-order chi connectivity index (χ0) is 18.2. The van der Waals surface area contributed by atoms with Crippen LogP contribution in [0.1, 0.15) is 70.4 Å². The van der Waals surface area contributed by atoms with Crippen LogP contribution in [0.3, 0.4) is 0 Å². The zero-order valence-electron chi connectivity index (χ0n) is 15.7. The van der Waals surface area contributed by atoms with E-state index in [1.54, 1.807) is 0 Å². The molecule has 138 valence electrons. The predicted octanol–water partition coefficient (Wildman–Crippen LogP) is 5.70. The Morgan fingerprint density at radius 1 is 1.17 bits per heavy atom. The van der Waals surface area contributed by atoms with Gasteiger partial charge in [-0.2, -0.15) is 0 Å². The Morgan fingerprint density at radius 2 is 1.79 bits per heavy atom. The Kier molecular flexibility index (Phi) is 8.66. The Morgan fingerprint density at radius 3 is 2.29 bits per heavy atom. The fourth-order valence-corrected chi connectivity index (χ4v) is 3.24.